The summed E-state index contributed by atoms with van der Waals surface area (Å²) in [6.07, 6.45) is 7.88. The van der Waals surface area contributed by atoms with Crippen LogP contribution in [0, 0.1) is 0 Å². The van der Waals surface area contributed by atoms with Crippen molar-refractivity contribution in [3.8, 4) is 0 Å². The van der Waals surface area contributed by atoms with E-state index in [1.165, 1.54) is 0 Å². The highest BCUT2D eigenvalue weighted by Crippen LogP contribution is 2.09. The predicted molar refractivity (Wildman–Crippen MR) is 51.1 cm³/mol. The molecule has 0 unspecified atom stereocenters. The third-order valence-corrected chi connectivity index (χ3v) is 1.98. The summed E-state index contributed by atoms with van der Waals surface area (Å²) < 4.78 is 4.87. The first-order chi connectivity index (χ1) is 5.86. The molecule has 0 aromatic carbocycles. The summed E-state index contributed by atoms with van der Waals surface area (Å²) in [5.41, 5.74) is 1.72. The van der Waals surface area contributed by atoms with E-state index in [0.717, 1.165) is 23.2 Å². The van der Waals surface area contributed by atoms with Gasteiger partial charge in [-0.2, -0.15) is 11.8 Å². The Morgan fingerprint density at radius 1 is 1.75 bits per heavy atom. The second-order valence-corrected chi connectivity index (χ2v) is 3.19. The Labute approximate surface area is 75.6 Å². The van der Waals surface area contributed by atoms with Crippen molar-refractivity contribution in [3.05, 3.63) is 29.7 Å². The summed E-state index contributed by atoms with van der Waals surface area (Å²) >= 11 is 1.63. The lowest BCUT2D eigenvalue weighted by Crippen LogP contribution is -1.87. The first kappa shape index (κ1) is 9.13. The zero-order valence-electron chi connectivity index (χ0n) is 6.82. The molecule has 0 radical (unpaired) electrons. The minimum atomic E-state index is 0.745. The fourth-order valence-electron chi connectivity index (χ4n) is 0.848. The highest BCUT2D eigenvalue weighted by Gasteiger charge is 1.95. The Kier molecular flexibility index (Phi) is 3.67. The van der Waals surface area contributed by atoms with Gasteiger partial charge in [0.25, 0.3) is 0 Å². The van der Waals surface area contributed by atoms with Gasteiger partial charge in [0.15, 0.2) is 0 Å². The fourth-order valence-corrected chi connectivity index (χ4v) is 1.33. The van der Waals surface area contributed by atoms with Gasteiger partial charge in [-0.15, -0.1) is 0 Å². The fraction of sp³-hybridized carbons (Fsp3) is 0.222. The topological polar surface area (TPSA) is 30.2 Å². The zero-order chi connectivity index (χ0) is 8.81. The summed E-state index contributed by atoms with van der Waals surface area (Å²) in [6, 6.07) is 1.82. The van der Waals surface area contributed by atoms with Crippen molar-refractivity contribution in [2.75, 3.05) is 12.0 Å². The van der Waals surface area contributed by atoms with Gasteiger partial charge in [0.2, 0.25) is 0 Å². The second kappa shape index (κ2) is 4.83. The lowest BCUT2D eigenvalue weighted by Gasteiger charge is -1.93. The first-order valence-electron chi connectivity index (χ1n) is 3.53. The van der Waals surface area contributed by atoms with E-state index >= 15 is 0 Å². The van der Waals surface area contributed by atoms with Crippen LogP contribution in [0.1, 0.15) is 5.56 Å². The molecule has 0 fully saturated rings. The number of thioether (sulfide) groups is 1. The summed E-state index contributed by atoms with van der Waals surface area (Å²) in [4.78, 5) is 10.5. The maximum atomic E-state index is 10.5. The molecule has 1 heterocycles. The minimum Gasteiger partial charge on any atom is -0.472 e. The Morgan fingerprint density at radius 3 is 3.08 bits per heavy atom. The maximum Gasteiger partial charge on any atom is 0.146 e. The van der Waals surface area contributed by atoms with Gasteiger partial charge in [-0.3, -0.25) is 4.79 Å². The Balaban J connectivity index is 2.71. The molecule has 0 aliphatic heterocycles. The van der Waals surface area contributed by atoms with Gasteiger partial charge in [-0.25, -0.2) is 0 Å². The van der Waals surface area contributed by atoms with Gasteiger partial charge < -0.3 is 4.42 Å². The van der Waals surface area contributed by atoms with Gasteiger partial charge in [-0.05, 0) is 18.4 Å². The second-order valence-electron chi connectivity index (χ2n) is 2.33. The van der Waals surface area contributed by atoms with Crippen LogP contribution in [0.4, 0.5) is 0 Å². The SMILES string of the molecule is CSC/C(C=O)=C\c1ccoc1. The number of furan rings is 1. The average Bonchev–Trinajstić information content (AvgIpc) is 2.56. The number of hydrogen-bond donors (Lipinski definition) is 0. The lowest BCUT2D eigenvalue weighted by molar-refractivity contribution is -0.104. The van der Waals surface area contributed by atoms with E-state index in [0.29, 0.717) is 0 Å². The largest absolute Gasteiger partial charge is 0.472 e. The van der Waals surface area contributed by atoms with E-state index in [4.69, 9.17) is 4.42 Å². The summed E-state index contributed by atoms with van der Waals surface area (Å²) in [7, 11) is 0. The van der Waals surface area contributed by atoms with Gasteiger partial charge in [0.1, 0.15) is 6.29 Å². The third kappa shape index (κ3) is 2.58. The number of carbonyl (C=O) groups excluding carboxylic acids is 1. The van der Waals surface area contributed by atoms with Crippen LogP contribution >= 0.6 is 11.8 Å². The molecule has 0 atom stereocenters. The molecule has 2 nitrogen and oxygen atoms in total. The van der Waals surface area contributed by atoms with Crippen LogP contribution in [-0.2, 0) is 4.79 Å². The van der Waals surface area contributed by atoms with Crippen molar-refractivity contribution in [2.24, 2.45) is 0 Å². The molecule has 0 spiro atoms. The molecular weight excluding hydrogens is 172 g/mol. The molecule has 0 saturated heterocycles. The quantitative estimate of drug-likeness (QED) is 0.528. The summed E-state index contributed by atoms with van der Waals surface area (Å²) in [5.74, 6) is 0.745. The molecule has 1 aromatic rings. The summed E-state index contributed by atoms with van der Waals surface area (Å²) in [5, 5.41) is 0. The van der Waals surface area contributed by atoms with Crippen molar-refractivity contribution in [1.82, 2.24) is 0 Å². The smallest absolute Gasteiger partial charge is 0.146 e. The average molecular weight is 182 g/mol. The van der Waals surface area contributed by atoms with Crippen LogP contribution < -0.4 is 0 Å². The zero-order valence-corrected chi connectivity index (χ0v) is 7.64. The molecule has 0 aliphatic carbocycles. The van der Waals surface area contributed by atoms with Crippen molar-refractivity contribution in [3.63, 3.8) is 0 Å². The van der Waals surface area contributed by atoms with Crippen molar-refractivity contribution in [1.29, 1.82) is 0 Å². The highest BCUT2D eigenvalue weighted by molar-refractivity contribution is 7.98. The van der Waals surface area contributed by atoms with Crippen LogP contribution in [-0.4, -0.2) is 18.3 Å². The molecule has 1 aromatic heterocycles. The maximum absolute atomic E-state index is 10.5. The number of rotatable bonds is 4. The lowest BCUT2D eigenvalue weighted by atomic mass is 10.2. The summed E-state index contributed by atoms with van der Waals surface area (Å²) in [6.45, 7) is 0. The molecule has 0 N–H and O–H groups in total. The molecule has 1 rings (SSSR count). The molecule has 0 saturated carbocycles. The molecule has 0 aliphatic rings. The van der Waals surface area contributed by atoms with E-state index in [9.17, 15) is 4.79 Å². The number of hydrogen-bond acceptors (Lipinski definition) is 3. The van der Waals surface area contributed by atoms with Gasteiger partial charge >= 0.3 is 0 Å². The van der Waals surface area contributed by atoms with Crippen molar-refractivity contribution < 1.29 is 9.21 Å². The van der Waals surface area contributed by atoms with Crippen LogP contribution in [0.2, 0.25) is 0 Å². The van der Waals surface area contributed by atoms with Crippen molar-refractivity contribution >= 4 is 24.1 Å². The molecule has 12 heavy (non-hydrogen) atoms. The van der Waals surface area contributed by atoms with Crippen LogP contribution in [0.3, 0.4) is 0 Å². The predicted octanol–water partition coefficient (Wildman–Crippen LogP) is 2.22. The third-order valence-electron chi connectivity index (χ3n) is 1.36. The molecule has 64 valence electrons. The Bertz CT molecular complexity index is 262. The normalized spacial score (nSPS) is 11.6. The van der Waals surface area contributed by atoms with Crippen LogP contribution in [0.25, 0.3) is 6.08 Å². The van der Waals surface area contributed by atoms with E-state index < -0.39 is 0 Å². The Morgan fingerprint density at radius 2 is 2.58 bits per heavy atom. The van der Waals surface area contributed by atoms with E-state index in [2.05, 4.69) is 0 Å². The highest BCUT2D eigenvalue weighted by atomic mass is 32.2. The van der Waals surface area contributed by atoms with Gasteiger partial charge in [-0.1, -0.05) is 0 Å². The number of carbonyl (C=O) groups is 1. The first-order valence-corrected chi connectivity index (χ1v) is 4.93. The van der Waals surface area contributed by atoms with Crippen molar-refractivity contribution in [2.45, 2.75) is 0 Å². The molecular formula is C9H10O2S. The number of aldehydes is 1. The van der Waals surface area contributed by atoms with Gasteiger partial charge in [0, 0.05) is 16.9 Å². The molecule has 0 amide bonds. The van der Waals surface area contributed by atoms with Crippen LogP contribution in [0.15, 0.2) is 28.6 Å². The van der Waals surface area contributed by atoms with E-state index in [1.54, 1.807) is 24.3 Å². The van der Waals surface area contributed by atoms with E-state index in [1.807, 2.05) is 18.4 Å². The van der Waals surface area contributed by atoms with Crippen LogP contribution in [0.5, 0.6) is 0 Å². The monoisotopic (exact) mass is 182 g/mol. The molecule has 0 bridgehead atoms. The Hall–Kier alpha value is -0.960. The standard InChI is InChI=1S/C9H10O2S/c1-12-7-9(5-10)4-8-2-3-11-6-8/h2-6H,7H2,1H3/b9-4-. The van der Waals surface area contributed by atoms with Gasteiger partial charge in [0.05, 0.1) is 12.5 Å². The van der Waals surface area contributed by atoms with E-state index in [-0.39, 0.29) is 0 Å². The molecule has 3 heteroatoms. The minimum absolute atomic E-state index is 0.745.